The van der Waals surface area contributed by atoms with E-state index >= 15 is 0 Å². The Hall–Kier alpha value is -0.980. The molecule has 3 N–H and O–H groups in total. The molecule has 6 nitrogen and oxygen atoms in total. The van der Waals surface area contributed by atoms with E-state index in [1.807, 2.05) is 0 Å². The van der Waals surface area contributed by atoms with Gasteiger partial charge in [0.25, 0.3) is 0 Å². The van der Waals surface area contributed by atoms with E-state index in [1.54, 1.807) is 14.0 Å². The Bertz CT molecular complexity index is 285. The molecule has 0 saturated carbocycles. The van der Waals surface area contributed by atoms with Crippen LogP contribution in [0.5, 0.6) is 0 Å². The lowest BCUT2D eigenvalue weighted by atomic mass is 10.3. The number of hydrogen-bond acceptors (Lipinski definition) is 5. The minimum atomic E-state index is 0.0553. The number of ketones is 1. The van der Waals surface area contributed by atoms with Gasteiger partial charge < -0.3 is 20.9 Å². The van der Waals surface area contributed by atoms with Crippen molar-refractivity contribution < 1.29 is 9.59 Å². The molecule has 0 aromatic heterocycles. The summed E-state index contributed by atoms with van der Waals surface area (Å²) >= 11 is 0. The summed E-state index contributed by atoms with van der Waals surface area (Å²) in [5, 5.41) is 9.24. The lowest BCUT2D eigenvalue weighted by Gasteiger charge is -2.22. The van der Waals surface area contributed by atoms with Crippen LogP contribution in [0.4, 0.5) is 0 Å². The molecule has 0 bridgehead atoms. The highest BCUT2D eigenvalue weighted by Gasteiger charge is 2.06. The second kappa shape index (κ2) is 14.0. The monoisotopic (exact) mass is 300 g/mol. The molecule has 0 fully saturated rings. The van der Waals surface area contributed by atoms with E-state index in [-0.39, 0.29) is 11.7 Å². The zero-order valence-corrected chi connectivity index (χ0v) is 13.8. The van der Waals surface area contributed by atoms with Gasteiger partial charge in [-0.2, -0.15) is 0 Å². The van der Waals surface area contributed by atoms with Gasteiger partial charge in [0.15, 0.2) is 0 Å². The topological polar surface area (TPSA) is 73.5 Å². The largest absolute Gasteiger partial charge is 0.359 e. The minimum absolute atomic E-state index is 0.0553. The second-order valence-electron chi connectivity index (χ2n) is 5.22. The summed E-state index contributed by atoms with van der Waals surface area (Å²) in [6, 6.07) is 0. The standard InChI is InChI=1S/C15H32N4O2/c1-4-7-17-9-12-19(11-6-14(2)20)13-10-18-8-5-15(21)16-3/h17-18H,4-13H2,1-3H3,(H,16,21). The quantitative estimate of drug-likeness (QED) is 0.394. The Morgan fingerprint density at radius 2 is 1.52 bits per heavy atom. The maximum atomic E-state index is 11.1. The molecule has 0 saturated heterocycles. The van der Waals surface area contributed by atoms with Gasteiger partial charge in [0.1, 0.15) is 5.78 Å². The van der Waals surface area contributed by atoms with Gasteiger partial charge in [0, 0.05) is 59.2 Å². The summed E-state index contributed by atoms with van der Waals surface area (Å²) in [4.78, 5) is 24.5. The zero-order valence-electron chi connectivity index (χ0n) is 13.8. The van der Waals surface area contributed by atoms with Crippen molar-refractivity contribution in [3.05, 3.63) is 0 Å². The predicted octanol–water partition coefficient (Wildman–Crippen LogP) is -0.00720. The van der Waals surface area contributed by atoms with E-state index in [0.717, 1.165) is 45.7 Å². The van der Waals surface area contributed by atoms with Crippen LogP contribution in [0.25, 0.3) is 0 Å². The van der Waals surface area contributed by atoms with Crippen molar-refractivity contribution in [1.29, 1.82) is 0 Å². The van der Waals surface area contributed by atoms with Gasteiger partial charge >= 0.3 is 0 Å². The van der Waals surface area contributed by atoms with Crippen LogP contribution >= 0.6 is 0 Å². The Morgan fingerprint density at radius 1 is 0.905 bits per heavy atom. The first-order valence-corrected chi connectivity index (χ1v) is 7.94. The Kier molecular flexibility index (Phi) is 13.3. The zero-order chi connectivity index (χ0) is 15.9. The first-order chi connectivity index (χ1) is 10.1. The molecule has 0 radical (unpaired) electrons. The molecular weight excluding hydrogens is 268 g/mol. The molecule has 0 atom stereocenters. The van der Waals surface area contributed by atoms with Crippen molar-refractivity contribution in [2.45, 2.75) is 33.1 Å². The molecule has 124 valence electrons. The lowest BCUT2D eigenvalue weighted by Crippen LogP contribution is -2.38. The summed E-state index contributed by atoms with van der Waals surface area (Å²) < 4.78 is 0. The van der Waals surface area contributed by atoms with Crippen LogP contribution in [0.2, 0.25) is 0 Å². The fraction of sp³-hybridized carbons (Fsp3) is 0.867. The van der Waals surface area contributed by atoms with Gasteiger partial charge in [0.05, 0.1) is 0 Å². The number of carbonyl (C=O) groups excluding carboxylic acids is 2. The SMILES string of the molecule is CCCNCCN(CCNCCC(=O)NC)CCC(C)=O. The van der Waals surface area contributed by atoms with Gasteiger partial charge in [-0.1, -0.05) is 6.92 Å². The van der Waals surface area contributed by atoms with Crippen molar-refractivity contribution in [3.63, 3.8) is 0 Å². The van der Waals surface area contributed by atoms with Gasteiger partial charge in [-0.05, 0) is 19.9 Å². The van der Waals surface area contributed by atoms with E-state index in [9.17, 15) is 9.59 Å². The Balaban J connectivity index is 3.80. The molecule has 21 heavy (non-hydrogen) atoms. The summed E-state index contributed by atoms with van der Waals surface area (Å²) in [6.07, 6.45) is 2.24. The molecule has 0 heterocycles. The Labute approximate surface area is 129 Å². The minimum Gasteiger partial charge on any atom is -0.359 e. The van der Waals surface area contributed by atoms with Crippen molar-refractivity contribution in [3.8, 4) is 0 Å². The lowest BCUT2D eigenvalue weighted by molar-refractivity contribution is -0.120. The first kappa shape index (κ1) is 20.0. The van der Waals surface area contributed by atoms with Crippen LogP contribution in [-0.4, -0.2) is 69.5 Å². The highest BCUT2D eigenvalue weighted by molar-refractivity contribution is 5.75. The molecule has 0 aromatic rings. The average Bonchev–Trinajstić information content (AvgIpc) is 2.47. The number of rotatable bonds is 14. The van der Waals surface area contributed by atoms with E-state index in [2.05, 4.69) is 27.8 Å². The van der Waals surface area contributed by atoms with E-state index in [1.165, 1.54) is 0 Å². The van der Waals surface area contributed by atoms with Crippen molar-refractivity contribution in [2.24, 2.45) is 0 Å². The number of Topliss-reactive ketones (excluding diaryl/α,β-unsaturated/α-hetero) is 1. The van der Waals surface area contributed by atoms with Gasteiger partial charge in [-0.15, -0.1) is 0 Å². The molecular formula is C15H32N4O2. The number of nitrogens with zero attached hydrogens (tertiary/aromatic N) is 1. The van der Waals surface area contributed by atoms with Crippen molar-refractivity contribution in [1.82, 2.24) is 20.9 Å². The fourth-order valence-electron chi connectivity index (χ4n) is 1.88. The van der Waals surface area contributed by atoms with Crippen molar-refractivity contribution in [2.75, 3.05) is 52.9 Å². The highest BCUT2D eigenvalue weighted by atomic mass is 16.1. The molecule has 0 aliphatic carbocycles. The summed E-state index contributed by atoms with van der Waals surface area (Å²) in [7, 11) is 1.65. The fourth-order valence-corrected chi connectivity index (χ4v) is 1.88. The molecule has 6 heteroatoms. The maximum absolute atomic E-state index is 11.1. The van der Waals surface area contributed by atoms with Crippen LogP contribution in [0.1, 0.15) is 33.1 Å². The predicted molar refractivity (Wildman–Crippen MR) is 86.5 cm³/mol. The number of carbonyl (C=O) groups is 2. The third kappa shape index (κ3) is 13.7. The van der Waals surface area contributed by atoms with Crippen LogP contribution in [-0.2, 0) is 9.59 Å². The number of hydrogen-bond donors (Lipinski definition) is 3. The van der Waals surface area contributed by atoms with E-state index < -0.39 is 0 Å². The normalized spacial score (nSPS) is 10.9. The van der Waals surface area contributed by atoms with Crippen molar-refractivity contribution >= 4 is 11.7 Å². The Morgan fingerprint density at radius 3 is 2.05 bits per heavy atom. The van der Waals surface area contributed by atoms with E-state index in [0.29, 0.717) is 19.4 Å². The van der Waals surface area contributed by atoms with Gasteiger partial charge in [-0.3, -0.25) is 9.59 Å². The summed E-state index contributed by atoms with van der Waals surface area (Å²) in [6.45, 7) is 9.94. The average molecular weight is 300 g/mol. The highest BCUT2D eigenvalue weighted by Crippen LogP contribution is 1.92. The maximum Gasteiger partial charge on any atom is 0.221 e. The number of nitrogens with one attached hydrogen (secondary N) is 3. The molecule has 0 spiro atoms. The summed E-state index contributed by atoms with van der Waals surface area (Å²) in [5.74, 6) is 0.286. The smallest absolute Gasteiger partial charge is 0.221 e. The van der Waals surface area contributed by atoms with Crippen LogP contribution < -0.4 is 16.0 Å². The molecule has 0 aliphatic rings. The van der Waals surface area contributed by atoms with Gasteiger partial charge in [0.2, 0.25) is 5.91 Å². The molecule has 0 aromatic carbocycles. The van der Waals surface area contributed by atoms with Crippen LogP contribution in [0.3, 0.4) is 0 Å². The molecule has 1 amide bonds. The van der Waals surface area contributed by atoms with Crippen LogP contribution in [0.15, 0.2) is 0 Å². The number of amides is 1. The molecule has 0 aliphatic heterocycles. The molecule has 0 rings (SSSR count). The third-order valence-corrected chi connectivity index (χ3v) is 3.22. The van der Waals surface area contributed by atoms with E-state index in [4.69, 9.17) is 0 Å². The van der Waals surface area contributed by atoms with Crippen LogP contribution in [0, 0.1) is 0 Å². The first-order valence-electron chi connectivity index (χ1n) is 7.94. The third-order valence-electron chi connectivity index (χ3n) is 3.22. The van der Waals surface area contributed by atoms with Gasteiger partial charge in [-0.25, -0.2) is 0 Å². The summed E-state index contributed by atoms with van der Waals surface area (Å²) in [5.41, 5.74) is 0. The second-order valence-corrected chi connectivity index (χ2v) is 5.22. The molecule has 0 unspecified atom stereocenters.